The van der Waals surface area contributed by atoms with Gasteiger partial charge in [-0.1, -0.05) is 20.8 Å². The van der Waals surface area contributed by atoms with Gasteiger partial charge in [0.05, 0.1) is 6.61 Å². The molecule has 140 valence electrons. The first-order valence-electron chi connectivity index (χ1n) is 8.10. The van der Waals surface area contributed by atoms with Gasteiger partial charge in [0, 0.05) is 6.42 Å². The molecule has 6 atom stereocenters. The Hall–Kier alpha value is -1.26. The molecule has 9 heteroatoms. The molecule has 1 saturated heterocycles. The normalized spacial score (nSPS) is 31.6. The zero-order valence-electron chi connectivity index (χ0n) is 14.2. The summed E-state index contributed by atoms with van der Waals surface area (Å²) in [5.41, 5.74) is 5.73. The number of nitrogens with one attached hydrogen (secondary N) is 1. The summed E-state index contributed by atoms with van der Waals surface area (Å²) in [6.45, 7) is 4.69. The SMILES string of the molecule is CCCC(=O)N[C@H]1C(O)O[C@H](CO)[C@@H](O)[C@@H]1OC(=O)C(N)C(C)C. The van der Waals surface area contributed by atoms with Crippen LogP contribution in [0.2, 0.25) is 0 Å². The molecule has 1 amide bonds. The molecule has 9 nitrogen and oxygen atoms in total. The van der Waals surface area contributed by atoms with Crippen molar-refractivity contribution in [2.75, 3.05) is 6.61 Å². The highest BCUT2D eigenvalue weighted by molar-refractivity contribution is 5.77. The Morgan fingerprint density at radius 1 is 1.33 bits per heavy atom. The van der Waals surface area contributed by atoms with Gasteiger partial charge in [0.1, 0.15) is 24.3 Å². The van der Waals surface area contributed by atoms with Crippen LogP contribution in [0.15, 0.2) is 0 Å². The molecule has 0 bridgehead atoms. The van der Waals surface area contributed by atoms with Crippen LogP contribution in [0.1, 0.15) is 33.6 Å². The first-order chi connectivity index (χ1) is 11.2. The van der Waals surface area contributed by atoms with Crippen molar-refractivity contribution in [3.05, 3.63) is 0 Å². The van der Waals surface area contributed by atoms with Gasteiger partial charge in [-0.25, -0.2) is 0 Å². The first kappa shape index (κ1) is 20.8. The van der Waals surface area contributed by atoms with E-state index < -0.39 is 49.3 Å². The predicted octanol–water partition coefficient (Wildman–Crippen LogP) is -1.76. The Morgan fingerprint density at radius 2 is 1.96 bits per heavy atom. The summed E-state index contributed by atoms with van der Waals surface area (Å²) >= 11 is 0. The lowest BCUT2D eigenvalue weighted by atomic mass is 9.96. The molecule has 2 unspecified atom stereocenters. The second-order valence-corrected chi connectivity index (χ2v) is 6.25. The van der Waals surface area contributed by atoms with Gasteiger partial charge in [-0.05, 0) is 12.3 Å². The Bertz CT molecular complexity index is 432. The van der Waals surface area contributed by atoms with Crippen LogP contribution in [0.5, 0.6) is 0 Å². The third-order valence-electron chi connectivity index (χ3n) is 3.92. The number of carbonyl (C=O) groups excluding carboxylic acids is 2. The van der Waals surface area contributed by atoms with Gasteiger partial charge in [-0.3, -0.25) is 9.59 Å². The monoisotopic (exact) mass is 348 g/mol. The van der Waals surface area contributed by atoms with E-state index in [4.69, 9.17) is 15.2 Å². The summed E-state index contributed by atoms with van der Waals surface area (Å²) in [6.07, 6.45) is -4.61. The number of amides is 1. The van der Waals surface area contributed by atoms with Crippen LogP contribution in [-0.2, 0) is 19.1 Å². The number of hydrogen-bond donors (Lipinski definition) is 5. The van der Waals surface area contributed by atoms with Gasteiger partial charge in [-0.15, -0.1) is 0 Å². The van der Waals surface area contributed by atoms with Gasteiger partial charge in [-0.2, -0.15) is 0 Å². The number of hydrogen-bond acceptors (Lipinski definition) is 8. The van der Waals surface area contributed by atoms with Gasteiger partial charge in [0.2, 0.25) is 5.91 Å². The van der Waals surface area contributed by atoms with Crippen molar-refractivity contribution in [3.8, 4) is 0 Å². The van der Waals surface area contributed by atoms with Gasteiger partial charge >= 0.3 is 5.97 Å². The van der Waals surface area contributed by atoms with E-state index in [1.807, 2.05) is 6.92 Å². The van der Waals surface area contributed by atoms with E-state index in [1.165, 1.54) is 0 Å². The predicted molar refractivity (Wildman–Crippen MR) is 83.5 cm³/mol. The number of rotatable bonds is 7. The average Bonchev–Trinajstić information content (AvgIpc) is 2.52. The second kappa shape index (κ2) is 9.28. The number of ether oxygens (including phenoxy) is 2. The zero-order valence-corrected chi connectivity index (χ0v) is 14.2. The molecule has 0 aromatic rings. The lowest BCUT2D eigenvalue weighted by Gasteiger charge is -2.42. The topological polar surface area (TPSA) is 151 Å². The number of aliphatic hydroxyl groups excluding tert-OH is 3. The van der Waals surface area contributed by atoms with Crippen molar-refractivity contribution in [1.82, 2.24) is 5.32 Å². The fourth-order valence-electron chi connectivity index (χ4n) is 2.35. The van der Waals surface area contributed by atoms with Crippen LogP contribution in [0, 0.1) is 5.92 Å². The molecule has 1 heterocycles. The summed E-state index contributed by atoms with van der Waals surface area (Å²) in [6, 6.07) is -2.08. The third-order valence-corrected chi connectivity index (χ3v) is 3.92. The van der Waals surface area contributed by atoms with E-state index in [0.29, 0.717) is 6.42 Å². The van der Waals surface area contributed by atoms with Crippen LogP contribution < -0.4 is 11.1 Å². The summed E-state index contributed by atoms with van der Waals surface area (Å²) in [5.74, 6) is -1.34. The molecule has 0 radical (unpaired) electrons. The molecule has 0 aromatic heterocycles. The molecule has 1 fully saturated rings. The third kappa shape index (κ3) is 5.12. The largest absolute Gasteiger partial charge is 0.456 e. The van der Waals surface area contributed by atoms with Crippen molar-refractivity contribution in [1.29, 1.82) is 0 Å². The van der Waals surface area contributed by atoms with E-state index in [0.717, 1.165) is 0 Å². The molecule has 0 spiro atoms. The minimum Gasteiger partial charge on any atom is -0.456 e. The van der Waals surface area contributed by atoms with Crippen molar-refractivity contribution >= 4 is 11.9 Å². The average molecular weight is 348 g/mol. The Morgan fingerprint density at radius 3 is 2.46 bits per heavy atom. The maximum atomic E-state index is 12.1. The molecule has 0 aromatic carbocycles. The number of aliphatic hydroxyl groups is 3. The van der Waals surface area contributed by atoms with Crippen LogP contribution in [-0.4, -0.2) is 70.5 Å². The van der Waals surface area contributed by atoms with Crippen molar-refractivity contribution < 1.29 is 34.4 Å². The molecule has 0 aliphatic carbocycles. The van der Waals surface area contributed by atoms with Gasteiger partial charge < -0.3 is 35.8 Å². The van der Waals surface area contributed by atoms with E-state index in [2.05, 4.69) is 5.32 Å². The van der Waals surface area contributed by atoms with Gasteiger partial charge in [0.15, 0.2) is 12.4 Å². The van der Waals surface area contributed by atoms with E-state index in [9.17, 15) is 24.9 Å². The zero-order chi connectivity index (χ0) is 18.4. The van der Waals surface area contributed by atoms with Gasteiger partial charge in [0.25, 0.3) is 0 Å². The maximum absolute atomic E-state index is 12.1. The standard InChI is InChI=1S/C15H28N2O7/c1-4-5-9(19)17-11-13(24-14(21)10(16)7(2)3)12(20)8(6-18)23-15(11)22/h7-8,10-13,15,18,20,22H,4-6,16H2,1-3H3,(H,17,19)/t8-,10?,11-,12-,13-,15?/m1/s1. The second-order valence-electron chi connectivity index (χ2n) is 6.25. The van der Waals surface area contributed by atoms with Crippen LogP contribution in [0.25, 0.3) is 0 Å². The van der Waals surface area contributed by atoms with Crippen LogP contribution in [0.3, 0.4) is 0 Å². The summed E-state index contributed by atoms with van der Waals surface area (Å²) in [5, 5.41) is 32.0. The minimum absolute atomic E-state index is 0.193. The summed E-state index contributed by atoms with van der Waals surface area (Å²) in [7, 11) is 0. The van der Waals surface area contributed by atoms with E-state index in [1.54, 1.807) is 13.8 Å². The number of carbonyl (C=O) groups is 2. The van der Waals surface area contributed by atoms with E-state index in [-0.39, 0.29) is 18.2 Å². The maximum Gasteiger partial charge on any atom is 0.323 e. The molecule has 1 rings (SSSR count). The highest BCUT2D eigenvalue weighted by Crippen LogP contribution is 2.23. The number of nitrogens with two attached hydrogens (primary N) is 1. The summed E-state index contributed by atoms with van der Waals surface area (Å²) in [4.78, 5) is 23.9. The molecular formula is C15H28N2O7. The molecule has 6 N–H and O–H groups in total. The first-order valence-corrected chi connectivity index (χ1v) is 8.10. The molecule has 1 aliphatic rings. The van der Waals surface area contributed by atoms with Crippen molar-refractivity contribution in [2.45, 2.75) is 70.3 Å². The van der Waals surface area contributed by atoms with E-state index >= 15 is 0 Å². The molecule has 1 aliphatic heterocycles. The molecular weight excluding hydrogens is 320 g/mol. The van der Waals surface area contributed by atoms with Crippen LogP contribution >= 0.6 is 0 Å². The highest BCUT2D eigenvalue weighted by atomic mass is 16.6. The van der Waals surface area contributed by atoms with Crippen molar-refractivity contribution in [2.24, 2.45) is 11.7 Å². The molecule has 0 saturated carbocycles. The fraction of sp³-hybridized carbons (Fsp3) is 0.867. The van der Waals surface area contributed by atoms with Crippen molar-refractivity contribution in [3.63, 3.8) is 0 Å². The summed E-state index contributed by atoms with van der Waals surface area (Å²) < 4.78 is 10.3. The Labute approximate surface area is 141 Å². The fourth-order valence-corrected chi connectivity index (χ4v) is 2.35. The lowest BCUT2D eigenvalue weighted by molar-refractivity contribution is -0.259. The lowest BCUT2D eigenvalue weighted by Crippen LogP contribution is -2.65. The number of esters is 1. The smallest absolute Gasteiger partial charge is 0.323 e. The quantitative estimate of drug-likeness (QED) is 0.339. The Balaban J connectivity index is 2.94. The van der Waals surface area contributed by atoms with Crippen LogP contribution in [0.4, 0.5) is 0 Å². The minimum atomic E-state index is -1.54. The Kier molecular flexibility index (Phi) is 8.04. The highest BCUT2D eigenvalue weighted by Gasteiger charge is 2.47. The molecule has 24 heavy (non-hydrogen) atoms.